The molecule has 1 aliphatic carbocycles. The fraction of sp³-hybridized carbons (Fsp3) is 0.571. The first-order valence-corrected chi connectivity index (χ1v) is 6.94. The molecule has 3 N–H and O–H groups in total. The van der Waals surface area contributed by atoms with Crippen molar-refractivity contribution < 1.29 is 9.66 Å². The quantitative estimate of drug-likeness (QED) is 0.638. The Hall–Kier alpha value is -1.82. The summed E-state index contributed by atoms with van der Waals surface area (Å²) in [5.41, 5.74) is 6.55. The third-order valence-electron chi connectivity index (χ3n) is 3.95. The average molecular weight is 279 g/mol. The van der Waals surface area contributed by atoms with Crippen LogP contribution >= 0.6 is 0 Å². The van der Waals surface area contributed by atoms with Crippen LogP contribution in [0.2, 0.25) is 0 Å². The maximum Gasteiger partial charge on any atom is 0.271 e. The maximum atomic E-state index is 10.9. The lowest BCUT2D eigenvalue weighted by atomic mass is 9.84. The van der Waals surface area contributed by atoms with Gasteiger partial charge in [-0.25, -0.2) is 0 Å². The molecule has 2 atom stereocenters. The highest BCUT2D eigenvalue weighted by Gasteiger charge is 2.25. The van der Waals surface area contributed by atoms with E-state index in [0.29, 0.717) is 23.9 Å². The highest BCUT2D eigenvalue weighted by molar-refractivity contribution is 5.62. The molecule has 0 aliphatic heterocycles. The molecule has 0 aromatic heterocycles. The Morgan fingerprint density at radius 1 is 1.45 bits per heavy atom. The van der Waals surface area contributed by atoms with Gasteiger partial charge in [-0.2, -0.15) is 0 Å². The van der Waals surface area contributed by atoms with Crippen LogP contribution in [0, 0.1) is 16.0 Å². The molecule has 1 aromatic carbocycles. The monoisotopic (exact) mass is 279 g/mol. The Bertz CT molecular complexity index is 479. The fourth-order valence-electron chi connectivity index (χ4n) is 2.80. The summed E-state index contributed by atoms with van der Waals surface area (Å²) >= 11 is 0. The van der Waals surface area contributed by atoms with Gasteiger partial charge in [-0.15, -0.1) is 0 Å². The lowest BCUT2D eigenvalue weighted by Gasteiger charge is -2.32. The Morgan fingerprint density at radius 3 is 2.85 bits per heavy atom. The van der Waals surface area contributed by atoms with E-state index in [2.05, 4.69) is 5.32 Å². The predicted molar refractivity (Wildman–Crippen MR) is 78.1 cm³/mol. The lowest BCUT2D eigenvalue weighted by molar-refractivity contribution is -0.384. The molecule has 1 aliphatic rings. The van der Waals surface area contributed by atoms with Gasteiger partial charge in [0.1, 0.15) is 5.75 Å². The van der Waals surface area contributed by atoms with Crippen molar-refractivity contribution in [1.29, 1.82) is 0 Å². The highest BCUT2D eigenvalue weighted by Crippen LogP contribution is 2.33. The van der Waals surface area contributed by atoms with Crippen molar-refractivity contribution in [3.63, 3.8) is 0 Å². The van der Waals surface area contributed by atoms with Crippen molar-refractivity contribution in [2.24, 2.45) is 11.7 Å². The van der Waals surface area contributed by atoms with Crippen LogP contribution < -0.4 is 15.8 Å². The normalized spacial score (nSPS) is 22.3. The molecule has 20 heavy (non-hydrogen) atoms. The number of nitro benzene ring substituents is 1. The number of nitrogens with two attached hydrogens (primary N) is 1. The Morgan fingerprint density at radius 2 is 2.20 bits per heavy atom. The number of hydrogen-bond donors (Lipinski definition) is 2. The molecule has 6 heteroatoms. The van der Waals surface area contributed by atoms with Crippen LogP contribution in [0.1, 0.15) is 25.7 Å². The van der Waals surface area contributed by atoms with Crippen LogP contribution in [0.4, 0.5) is 11.4 Å². The molecule has 1 aromatic rings. The number of methoxy groups -OCH3 is 1. The number of non-ortho nitro benzene ring substituents is 1. The summed E-state index contributed by atoms with van der Waals surface area (Å²) in [7, 11) is 1.56. The molecular weight excluding hydrogens is 258 g/mol. The summed E-state index contributed by atoms with van der Waals surface area (Å²) in [6, 6.07) is 4.86. The SMILES string of the molecule is COc1ccc([N+](=O)[O-])cc1NC1CCCCC1CN. The van der Waals surface area contributed by atoms with E-state index >= 15 is 0 Å². The summed E-state index contributed by atoms with van der Waals surface area (Å²) in [6.45, 7) is 0.634. The van der Waals surface area contributed by atoms with Gasteiger partial charge in [0, 0.05) is 18.2 Å². The molecular formula is C14H21N3O3. The summed E-state index contributed by atoms with van der Waals surface area (Å²) in [4.78, 5) is 10.5. The first kappa shape index (κ1) is 14.6. The van der Waals surface area contributed by atoms with Gasteiger partial charge in [-0.1, -0.05) is 12.8 Å². The number of benzene rings is 1. The molecule has 1 saturated carbocycles. The average Bonchev–Trinajstić information content (AvgIpc) is 2.47. The van der Waals surface area contributed by atoms with Crippen LogP contribution in [-0.4, -0.2) is 24.6 Å². The molecule has 0 spiro atoms. The Labute approximate surface area is 118 Å². The van der Waals surface area contributed by atoms with Gasteiger partial charge in [-0.05, 0) is 31.4 Å². The van der Waals surface area contributed by atoms with E-state index in [-0.39, 0.29) is 11.7 Å². The van der Waals surface area contributed by atoms with E-state index < -0.39 is 4.92 Å². The van der Waals surface area contributed by atoms with E-state index in [0.717, 1.165) is 19.3 Å². The minimum Gasteiger partial charge on any atom is -0.495 e. The molecule has 0 saturated heterocycles. The minimum atomic E-state index is -0.397. The van der Waals surface area contributed by atoms with Gasteiger partial charge in [0.15, 0.2) is 0 Å². The Kier molecular flexibility index (Phi) is 4.79. The topological polar surface area (TPSA) is 90.4 Å². The van der Waals surface area contributed by atoms with E-state index in [1.54, 1.807) is 13.2 Å². The van der Waals surface area contributed by atoms with Crippen LogP contribution in [0.3, 0.4) is 0 Å². The van der Waals surface area contributed by atoms with Gasteiger partial charge in [0.05, 0.1) is 17.7 Å². The van der Waals surface area contributed by atoms with Crippen LogP contribution in [0.15, 0.2) is 18.2 Å². The molecule has 0 amide bonds. The predicted octanol–water partition coefficient (Wildman–Crippen LogP) is 2.53. The van der Waals surface area contributed by atoms with Crippen molar-refractivity contribution in [1.82, 2.24) is 0 Å². The smallest absolute Gasteiger partial charge is 0.271 e. The van der Waals surface area contributed by atoms with Crippen LogP contribution in [0.25, 0.3) is 0 Å². The van der Waals surface area contributed by atoms with E-state index in [9.17, 15) is 10.1 Å². The standard InChI is InChI=1S/C14H21N3O3/c1-20-14-7-6-11(17(18)19)8-13(14)16-12-5-3-2-4-10(12)9-15/h6-8,10,12,16H,2-5,9,15H2,1H3. The molecule has 2 rings (SSSR count). The molecule has 110 valence electrons. The van der Waals surface area contributed by atoms with Crippen molar-refractivity contribution >= 4 is 11.4 Å². The first-order valence-electron chi connectivity index (χ1n) is 6.94. The summed E-state index contributed by atoms with van der Waals surface area (Å²) in [6.07, 6.45) is 4.50. The molecule has 1 fully saturated rings. The van der Waals surface area contributed by atoms with Crippen LogP contribution in [0.5, 0.6) is 5.75 Å². The van der Waals surface area contributed by atoms with Gasteiger partial charge in [0.2, 0.25) is 0 Å². The second-order valence-corrected chi connectivity index (χ2v) is 5.17. The number of anilines is 1. The number of rotatable bonds is 5. The van der Waals surface area contributed by atoms with Gasteiger partial charge in [-0.3, -0.25) is 10.1 Å². The number of hydrogen-bond acceptors (Lipinski definition) is 5. The van der Waals surface area contributed by atoms with Gasteiger partial charge >= 0.3 is 0 Å². The zero-order valence-electron chi connectivity index (χ0n) is 11.7. The fourth-order valence-corrected chi connectivity index (χ4v) is 2.80. The summed E-state index contributed by atoms with van der Waals surface area (Å²) in [5, 5.41) is 14.3. The molecule has 0 radical (unpaired) electrons. The van der Waals surface area contributed by atoms with Gasteiger partial charge < -0.3 is 15.8 Å². The number of nitrogens with one attached hydrogen (secondary N) is 1. The number of ether oxygens (including phenoxy) is 1. The third kappa shape index (κ3) is 3.19. The van der Waals surface area contributed by atoms with E-state index in [4.69, 9.17) is 10.5 Å². The van der Waals surface area contributed by atoms with Crippen molar-refractivity contribution in [2.45, 2.75) is 31.7 Å². The largest absolute Gasteiger partial charge is 0.495 e. The van der Waals surface area contributed by atoms with Gasteiger partial charge in [0.25, 0.3) is 5.69 Å². The molecule has 6 nitrogen and oxygen atoms in total. The zero-order chi connectivity index (χ0) is 14.5. The molecule has 2 unspecified atom stereocenters. The second kappa shape index (κ2) is 6.56. The maximum absolute atomic E-state index is 10.9. The highest BCUT2D eigenvalue weighted by atomic mass is 16.6. The molecule has 0 heterocycles. The number of nitro groups is 1. The van der Waals surface area contributed by atoms with E-state index in [1.165, 1.54) is 18.6 Å². The van der Waals surface area contributed by atoms with E-state index in [1.807, 2.05) is 0 Å². The van der Waals surface area contributed by atoms with Crippen LogP contribution in [-0.2, 0) is 0 Å². The lowest BCUT2D eigenvalue weighted by Crippen LogP contribution is -2.36. The van der Waals surface area contributed by atoms with Crippen molar-refractivity contribution in [3.8, 4) is 5.75 Å². The molecule has 0 bridgehead atoms. The Balaban J connectivity index is 2.21. The summed E-state index contributed by atoms with van der Waals surface area (Å²) < 4.78 is 5.27. The second-order valence-electron chi connectivity index (χ2n) is 5.17. The zero-order valence-corrected chi connectivity index (χ0v) is 11.7. The third-order valence-corrected chi connectivity index (χ3v) is 3.95. The summed E-state index contributed by atoms with van der Waals surface area (Å²) in [5.74, 6) is 1.03. The van der Waals surface area contributed by atoms with Crippen molar-refractivity contribution in [2.75, 3.05) is 19.0 Å². The van der Waals surface area contributed by atoms with Crippen molar-refractivity contribution in [3.05, 3.63) is 28.3 Å². The minimum absolute atomic E-state index is 0.0633. The number of nitrogens with zero attached hydrogens (tertiary/aromatic N) is 1. The first-order chi connectivity index (χ1) is 9.65.